The summed E-state index contributed by atoms with van der Waals surface area (Å²) in [6.45, 7) is 5.97. The summed E-state index contributed by atoms with van der Waals surface area (Å²) in [5.41, 5.74) is 0. The van der Waals surface area contributed by atoms with Crippen LogP contribution in [0.2, 0.25) is 0 Å². The van der Waals surface area contributed by atoms with Gasteiger partial charge in [-0.2, -0.15) is 12.6 Å². The fourth-order valence-corrected chi connectivity index (χ4v) is 2.58. The largest absolute Gasteiger partial charge is 0.304 e. The number of hydrogen-bond donors (Lipinski definition) is 1. The van der Waals surface area contributed by atoms with E-state index >= 15 is 0 Å². The van der Waals surface area contributed by atoms with Gasteiger partial charge in [0, 0.05) is 31.6 Å². The Labute approximate surface area is 74.0 Å². The Hall–Kier alpha value is 0.270. The summed E-state index contributed by atoms with van der Waals surface area (Å²) in [5, 5.41) is 0.447. The molecule has 64 valence electrons. The summed E-state index contributed by atoms with van der Waals surface area (Å²) in [6, 6.07) is 0.812. The molecule has 0 aliphatic carbocycles. The molecule has 2 rings (SSSR count). The van der Waals surface area contributed by atoms with Crippen LogP contribution in [0.1, 0.15) is 6.92 Å². The molecule has 3 unspecified atom stereocenters. The van der Waals surface area contributed by atoms with Gasteiger partial charge in [-0.3, -0.25) is 4.90 Å². The van der Waals surface area contributed by atoms with Crippen LogP contribution in [0.25, 0.3) is 0 Å². The number of nitrogens with zero attached hydrogens (tertiary/aromatic N) is 2. The highest BCUT2D eigenvalue weighted by Crippen LogP contribution is 2.33. The maximum atomic E-state index is 4.44. The Balaban J connectivity index is 1.94. The predicted octanol–water partition coefficient (Wildman–Crippen LogP) is 0.508. The van der Waals surface area contributed by atoms with Gasteiger partial charge in [0.2, 0.25) is 0 Å². The molecule has 2 aliphatic rings. The molecule has 0 saturated carbocycles. The third-order valence-electron chi connectivity index (χ3n) is 2.94. The number of likely N-dealkylation sites (tertiary alicyclic amines) is 2. The molecule has 11 heavy (non-hydrogen) atoms. The van der Waals surface area contributed by atoms with E-state index in [1.807, 2.05) is 0 Å². The fraction of sp³-hybridized carbons (Fsp3) is 1.00. The highest BCUT2D eigenvalue weighted by molar-refractivity contribution is 7.80. The van der Waals surface area contributed by atoms with Crippen LogP contribution in [0.5, 0.6) is 0 Å². The maximum absolute atomic E-state index is 4.44. The number of thiol groups is 1. The van der Waals surface area contributed by atoms with Crippen LogP contribution in [0, 0.1) is 5.92 Å². The monoisotopic (exact) mass is 172 g/mol. The smallest absolute Gasteiger partial charge is 0.0502 e. The minimum absolute atomic E-state index is 0.447. The molecule has 0 amide bonds. The molecule has 0 N–H and O–H groups in total. The van der Waals surface area contributed by atoms with Gasteiger partial charge in [-0.15, -0.1) is 0 Å². The van der Waals surface area contributed by atoms with Gasteiger partial charge in [0.1, 0.15) is 0 Å². The van der Waals surface area contributed by atoms with Crippen LogP contribution < -0.4 is 0 Å². The molecule has 3 atom stereocenters. The second-order valence-electron chi connectivity index (χ2n) is 3.88. The molecule has 0 bridgehead atoms. The van der Waals surface area contributed by atoms with Crippen molar-refractivity contribution in [3.8, 4) is 0 Å². The van der Waals surface area contributed by atoms with E-state index < -0.39 is 0 Å². The van der Waals surface area contributed by atoms with Crippen LogP contribution in [-0.2, 0) is 0 Å². The van der Waals surface area contributed by atoms with Crippen molar-refractivity contribution in [1.82, 2.24) is 9.80 Å². The average molecular weight is 172 g/mol. The van der Waals surface area contributed by atoms with Crippen molar-refractivity contribution in [2.24, 2.45) is 5.92 Å². The van der Waals surface area contributed by atoms with E-state index in [0.717, 1.165) is 12.0 Å². The van der Waals surface area contributed by atoms with Crippen molar-refractivity contribution >= 4 is 12.6 Å². The molecular weight excluding hydrogens is 156 g/mol. The molecule has 2 heterocycles. The van der Waals surface area contributed by atoms with Gasteiger partial charge in [-0.05, 0) is 14.0 Å². The van der Waals surface area contributed by atoms with Gasteiger partial charge in [-0.25, -0.2) is 0 Å². The maximum Gasteiger partial charge on any atom is 0.0502 e. The summed E-state index contributed by atoms with van der Waals surface area (Å²) >= 11 is 4.44. The number of rotatable bonds is 1. The SMILES string of the molecule is CC(S)N1CC2CN(C)CC21. The first kappa shape index (κ1) is 7.90. The van der Waals surface area contributed by atoms with Crippen molar-refractivity contribution in [2.45, 2.75) is 18.3 Å². The highest BCUT2D eigenvalue weighted by Gasteiger charge is 2.45. The Bertz CT molecular complexity index is 160. The lowest BCUT2D eigenvalue weighted by Crippen LogP contribution is -2.57. The zero-order valence-corrected chi connectivity index (χ0v) is 8.09. The summed E-state index contributed by atoms with van der Waals surface area (Å²) in [4.78, 5) is 4.91. The van der Waals surface area contributed by atoms with Crippen molar-refractivity contribution in [3.05, 3.63) is 0 Å². The average Bonchev–Trinajstić information content (AvgIpc) is 2.13. The molecule has 2 nitrogen and oxygen atoms in total. The van der Waals surface area contributed by atoms with Crippen LogP contribution >= 0.6 is 12.6 Å². The Morgan fingerprint density at radius 3 is 2.64 bits per heavy atom. The molecule has 0 aromatic rings. The number of likely N-dealkylation sites (N-methyl/N-ethyl adjacent to an activating group) is 1. The first-order valence-corrected chi connectivity index (χ1v) is 4.82. The summed E-state index contributed by atoms with van der Waals surface area (Å²) in [7, 11) is 2.21. The van der Waals surface area contributed by atoms with E-state index in [2.05, 4.69) is 36.4 Å². The molecule has 0 aromatic heterocycles. The predicted molar refractivity (Wildman–Crippen MR) is 49.9 cm³/mol. The van der Waals surface area contributed by atoms with Crippen molar-refractivity contribution < 1.29 is 0 Å². The molecule has 2 aliphatic heterocycles. The van der Waals surface area contributed by atoms with E-state index in [9.17, 15) is 0 Å². The van der Waals surface area contributed by atoms with Crippen LogP contribution in [0.15, 0.2) is 0 Å². The fourth-order valence-electron chi connectivity index (χ4n) is 2.32. The van der Waals surface area contributed by atoms with Gasteiger partial charge in [0.05, 0.1) is 5.37 Å². The van der Waals surface area contributed by atoms with Gasteiger partial charge < -0.3 is 4.90 Å². The lowest BCUT2D eigenvalue weighted by Gasteiger charge is -2.45. The zero-order chi connectivity index (χ0) is 8.01. The molecule has 0 aromatic carbocycles. The van der Waals surface area contributed by atoms with Gasteiger partial charge >= 0.3 is 0 Å². The standard InChI is InChI=1S/C8H16N2S/c1-6(11)10-4-7-3-9(2)5-8(7)10/h6-8,11H,3-5H2,1-2H3. The Morgan fingerprint density at radius 1 is 1.36 bits per heavy atom. The summed E-state index contributed by atoms with van der Waals surface area (Å²) in [6.07, 6.45) is 0. The first-order valence-electron chi connectivity index (χ1n) is 4.31. The van der Waals surface area contributed by atoms with E-state index in [1.54, 1.807) is 0 Å². The lowest BCUT2D eigenvalue weighted by atomic mass is 9.92. The van der Waals surface area contributed by atoms with Crippen molar-refractivity contribution in [1.29, 1.82) is 0 Å². The Morgan fingerprint density at radius 2 is 2.09 bits per heavy atom. The molecule has 3 heteroatoms. The lowest BCUT2D eigenvalue weighted by molar-refractivity contribution is 0.0462. The zero-order valence-electron chi connectivity index (χ0n) is 7.20. The van der Waals surface area contributed by atoms with E-state index in [1.165, 1.54) is 19.6 Å². The Kier molecular flexibility index (Phi) is 1.90. The van der Waals surface area contributed by atoms with Crippen molar-refractivity contribution in [3.63, 3.8) is 0 Å². The van der Waals surface area contributed by atoms with Crippen LogP contribution in [0.3, 0.4) is 0 Å². The van der Waals surface area contributed by atoms with E-state index in [0.29, 0.717) is 5.37 Å². The van der Waals surface area contributed by atoms with Crippen LogP contribution in [0.4, 0.5) is 0 Å². The molecule has 0 spiro atoms. The number of fused-ring (bicyclic) bond motifs is 1. The van der Waals surface area contributed by atoms with Gasteiger partial charge in [-0.1, -0.05) is 0 Å². The van der Waals surface area contributed by atoms with Gasteiger partial charge in [0.25, 0.3) is 0 Å². The van der Waals surface area contributed by atoms with Crippen LogP contribution in [-0.4, -0.2) is 47.9 Å². The highest BCUT2D eigenvalue weighted by atomic mass is 32.1. The molecular formula is C8H16N2S. The normalized spacial score (nSPS) is 41.7. The topological polar surface area (TPSA) is 6.48 Å². The molecule has 2 fully saturated rings. The number of hydrogen-bond acceptors (Lipinski definition) is 3. The van der Waals surface area contributed by atoms with E-state index in [-0.39, 0.29) is 0 Å². The minimum Gasteiger partial charge on any atom is -0.304 e. The van der Waals surface area contributed by atoms with Gasteiger partial charge in [0.15, 0.2) is 0 Å². The second-order valence-corrected chi connectivity index (χ2v) is 4.62. The van der Waals surface area contributed by atoms with E-state index in [4.69, 9.17) is 0 Å². The third-order valence-corrected chi connectivity index (χ3v) is 3.24. The third kappa shape index (κ3) is 1.19. The summed E-state index contributed by atoms with van der Waals surface area (Å²) in [5.74, 6) is 0.939. The first-order chi connectivity index (χ1) is 5.18. The minimum atomic E-state index is 0.447. The van der Waals surface area contributed by atoms with Crippen molar-refractivity contribution in [2.75, 3.05) is 26.7 Å². The second kappa shape index (κ2) is 2.64. The quantitative estimate of drug-likeness (QED) is 0.576. The summed E-state index contributed by atoms with van der Waals surface area (Å²) < 4.78 is 0. The molecule has 2 saturated heterocycles. The molecule has 0 radical (unpaired) electrons.